The van der Waals surface area contributed by atoms with E-state index in [1.54, 1.807) is 6.20 Å². The summed E-state index contributed by atoms with van der Waals surface area (Å²) in [4.78, 5) is 52.0. The lowest BCUT2D eigenvalue weighted by atomic mass is 10.0. The van der Waals surface area contributed by atoms with Crippen molar-refractivity contribution in [2.45, 2.75) is 13.3 Å². The van der Waals surface area contributed by atoms with Crippen LogP contribution in [0.1, 0.15) is 22.8 Å². The van der Waals surface area contributed by atoms with Gasteiger partial charge in [-0.05, 0) is 12.0 Å². The number of amides is 4. The van der Waals surface area contributed by atoms with Gasteiger partial charge in [-0.3, -0.25) is 19.3 Å². The van der Waals surface area contributed by atoms with Crippen LogP contribution < -0.4 is 0 Å². The fraction of sp³-hybridized carbons (Fsp3) is 0.250. The SMILES string of the molecule is CCc1cccc2c(C(=O)CN3C(=O)C(=O)N(C)C3=O)c[nH]c12. The van der Waals surface area contributed by atoms with Gasteiger partial charge < -0.3 is 4.98 Å². The molecule has 7 nitrogen and oxygen atoms in total. The quantitative estimate of drug-likeness (QED) is 0.524. The molecule has 0 atom stereocenters. The number of aromatic amines is 1. The minimum Gasteiger partial charge on any atom is -0.360 e. The van der Waals surface area contributed by atoms with Crippen LogP contribution in [-0.2, 0) is 16.0 Å². The summed E-state index contributed by atoms with van der Waals surface area (Å²) in [6.07, 6.45) is 2.39. The van der Waals surface area contributed by atoms with Gasteiger partial charge in [-0.1, -0.05) is 25.1 Å². The van der Waals surface area contributed by atoms with Crippen LogP contribution >= 0.6 is 0 Å². The Morgan fingerprint density at radius 3 is 2.52 bits per heavy atom. The third-order valence-electron chi connectivity index (χ3n) is 4.04. The number of hydrogen-bond donors (Lipinski definition) is 1. The van der Waals surface area contributed by atoms with E-state index >= 15 is 0 Å². The third kappa shape index (κ3) is 2.21. The van der Waals surface area contributed by atoms with Crippen molar-refractivity contribution in [2.75, 3.05) is 13.6 Å². The average molecular weight is 313 g/mol. The Hall–Kier alpha value is -2.96. The maximum Gasteiger partial charge on any atom is 0.334 e. The highest BCUT2D eigenvalue weighted by Crippen LogP contribution is 2.23. The van der Waals surface area contributed by atoms with Crippen LogP contribution in [0.4, 0.5) is 4.79 Å². The van der Waals surface area contributed by atoms with Gasteiger partial charge in [0.2, 0.25) is 0 Å². The lowest BCUT2D eigenvalue weighted by molar-refractivity contribution is -0.142. The summed E-state index contributed by atoms with van der Waals surface area (Å²) in [5.74, 6) is -2.29. The largest absolute Gasteiger partial charge is 0.360 e. The number of fused-ring (bicyclic) bond motifs is 1. The fourth-order valence-electron chi connectivity index (χ4n) is 2.72. The van der Waals surface area contributed by atoms with E-state index in [0.717, 1.165) is 22.9 Å². The molecule has 0 spiro atoms. The Morgan fingerprint density at radius 1 is 1.17 bits per heavy atom. The first-order chi connectivity index (χ1) is 11.0. The van der Waals surface area contributed by atoms with Crippen molar-refractivity contribution in [1.29, 1.82) is 0 Å². The Balaban J connectivity index is 1.92. The van der Waals surface area contributed by atoms with Gasteiger partial charge in [0.15, 0.2) is 5.78 Å². The van der Waals surface area contributed by atoms with E-state index in [1.807, 2.05) is 25.1 Å². The summed E-state index contributed by atoms with van der Waals surface area (Å²) in [7, 11) is 1.21. The number of hydrogen-bond acceptors (Lipinski definition) is 4. The maximum atomic E-state index is 12.5. The van der Waals surface area contributed by atoms with Crippen molar-refractivity contribution in [3.63, 3.8) is 0 Å². The van der Waals surface area contributed by atoms with Gasteiger partial charge in [-0.2, -0.15) is 0 Å². The monoisotopic (exact) mass is 313 g/mol. The van der Waals surface area contributed by atoms with Gasteiger partial charge >= 0.3 is 17.8 Å². The zero-order chi connectivity index (χ0) is 16.7. The maximum absolute atomic E-state index is 12.5. The Morgan fingerprint density at radius 2 is 1.91 bits per heavy atom. The van der Waals surface area contributed by atoms with Crippen LogP contribution in [0.2, 0.25) is 0 Å². The van der Waals surface area contributed by atoms with E-state index in [0.29, 0.717) is 15.4 Å². The normalized spacial score (nSPS) is 15.1. The minimum atomic E-state index is -0.972. The summed E-state index contributed by atoms with van der Waals surface area (Å²) < 4.78 is 0. The molecule has 1 fully saturated rings. The molecule has 23 heavy (non-hydrogen) atoms. The van der Waals surface area contributed by atoms with Crippen molar-refractivity contribution in [3.8, 4) is 0 Å². The summed E-state index contributed by atoms with van der Waals surface area (Å²) in [5, 5.41) is 0.744. The number of benzene rings is 1. The molecule has 0 unspecified atom stereocenters. The number of para-hydroxylation sites is 1. The Kier molecular flexibility index (Phi) is 3.48. The third-order valence-corrected chi connectivity index (χ3v) is 4.04. The number of ketones is 1. The molecule has 1 aliphatic heterocycles. The van der Waals surface area contributed by atoms with Gasteiger partial charge in [0, 0.05) is 29.7 Å². The number of likely N-dealkylation sites (N-methyl/N-ethyl adjacent to an activating group) is 1. The van der Waals surface area contributed by atoms with E-state index in [2.05, 4.69) is 4.98 Å². The summed E-state index contributed by atoms with van der Waals surface area (Å²) in [6, 6.07) is 4.86. The first-order valence-corrected chi connectivity index (χ1v) is 7.21. The number of carbonyl (C=O) groups is 4. The first-order valence-electron chi connectivity index (χ1n) is 7.21. The molecule has 0 aliphatic carbocycles. The van der Waals surface area contributed by atoms with Crippen LogP contribution in [0.15, 0.2) is 24.4 Å². The molecule has 0 saturated carbocycles. The number of aromatic nitrogens is 1. The summed E-state index contributed by atoms with van der Waals surface area (Å²) in [5.41, 5.74) is 2.34. The predicted octanol–water partition coefficient (Wildman–Crippen LogP) is 1.33. The fourth-order valence-corrected chi connectivity index (χ4v) is 2.72. The smallest absolute Gasteiger partial charge is 0.334 e. The number of carbonyl (C=O) groups excluding carboxylic acids is 4. The second-order valence-electron chi connectivity index (χ2n) is 5.36. The number of imide groups is 2. The molecule has 1 saturated heterocycles. The van der Waals surface area contributed by atoms with Gasteiger partial charge in [0.25, 0.3) is 0 Å². The van der Waals surface area contributed by atoms with Crippen molar-refractivity contribution in [3.05, 3.63) is 35.5 Å². The van der Waals surface area contributed by atoms with E-state index in [-0.39, 0.29) is 0 Å². The molecule has 1 aromatic carbocycles. The molecule has 1 aromatic heterocycles. The zero-order valence-corrected chi connectivity index (χ0v) is 12.8. The van der Waals surface area contributed by atoms with Crippen molar-refractivity contribution < 1.29 is 19.2 Å². The van der Waals surface area contributed by atoms with E-state index < -0.39 is 30.2 Å². The number of nitrogens with one attached hydrogen (secondary N) is 1. The topological polar surface area (TPSA) is 90.6 Å². The number of Topliss-reactive ketones (excluding diaryl/α,β-unsaturated/α-hetero) is 1. The zero-order valence-electron chi connectivity index (χ0n) is 12.8. The first kappa shape index (κ1) is 15.0. The minimum absolute atomic E-state index is 0.394. The number of aryl methyl sites for hydroxylation is 1. The van der Waals surface area contributed by atoms with E-state index in [9.17, 15) is 19.2 Å². The van der Waals surface area contributed by atoms with E-state index in [1.165, 1.54) is 7.05 Å². The molecule has 118 valence electrons. The molecular weight excluding hydrogens is 298 g/mol. The van der Waals surface area contributed by atoms with E-state index in [4.69, 9.17) is 0 Å². The molecule has 1 N–H and O–H groups in total. The lowest BCUT2D eigenvalue weighted by Crippen LogP contribution is -2.36. The number of nitrogens with zero attached hydrogens (tertiary/aromatic N) is 2. The Labute approximate surface area is 131 Å². The van der Waals surface area contributed by atoms with Crippen LogP contribution in [0.5, 0.6) is 0 Å². The molecular formula is C16H15N3O4. The second-order valence-corrected chi connectivity index (χ2v) is 5.36. The predicted molar refractivity (Wildman–Crippen MR) is 81.9 cm³/mol. The van der Waals surface area contributed by atoms with Gasteiger partial charge in [-0.25, -0.2) is 9.69 Å². The number of urea groups is 1. The van der Waals surface area contributed by atoms with Crippen LogP contribution in [0, 0.1) is 0 Å². The summed E-state index contributed by atoms with van der Waals surface area (Å²) in [6.45, 7) is 1.57. The molecule has 4 amide bonds. The highest BCUT2D eigenvalue weighted by atomic mass is 16.2. The molecule has 7 heteroatoms. The van der Waals surface area contributed by atoms with Gasteiger partial charge in [0.05, 0.1) is 6.54 Å². The molecule has 0 radical (unpaired) electrons. The van der Waals surface area contributed by atoms with Crippen molar-refractivity contribution in [2.24, 2.45) is 0 Å². The number of H-pyrrole nitrogens is 1. The van der Waals surface area contributed by atoms with Crippen LogP contribution in [0.3, 0.4) is 0 Å². The molecule has 3 rings (SSSR count). The van der Waals surface area contributed by atoms with Crippen molar-refractivity contribution >= 4 is 34.5 Å². The van der Waals surface area contributed by atoms with Crippen molar-refractivity contribution in [1.82, 2.24) is 14.8 Å². The molecule has 2 heterocycles. The standard InChI is InChI=1S/C16H15N3O4/c1-3-9-5-4-6-10-11(7-17-13(9)10)12(20)8-19-15(22)14(21)18(2)16(19)23/h4-7,17H,3,8H2,1-2H3. The Bertz CT molecular complexity index is 852. The number of rotatable bonds is 4. The van der Waals surface area contributed by atoms with Gasteiger partial charge in [0.1, 0.15) is 0 Å². The molecule has 1 aliphatic rings. The summed E-state index contributed by atoms with van der Waals surface area (Å²) >= 11 is 0. The molecule has 0 bridgehead atoms. The molecule has 2 aromatic rings. The lowest BCUT2D eigenvalue weighted by Gasteiger charge is -2.11. The van der Waals surface area contributed by atoms with Gasteiger partial charge in [-0.15, -0.1) is 0 Å². The highest BCUT2D eigenvalue weighted by molar-refractivity contribution is 6.45. The van der Waals surface area contributed by atoms with Crippen LogP contribution in [-0.4, -0.2) is 52.0 Å². The average Bonchev–Trinajstić information content (AvgIpc) is 3.07. The highest BCUT2D eigenvalue weighted by Gasteiger charge is 2.43. The van der Waals surface area contributed by atoms with Crippen LogP contribution in [0.25, 0.3) is 10.9 Å². The second kappa shape index (κ2) is 5.35.